The molecule has 0 aliphatic carbocycles. The quantitative estimate of drug-likeness (QED) is 0.224. The van der Waals surface area contributed by atoms with Crippen LogP contribution in [0, 0.1) is 0 Å². The maximum Gasteiger partial charge on any atom is 0.164 e. The van der Waals surface area contributed by atoms with Crippen molar-refractivity contribution in [3.05, 3.63) is 127 Å². The summed E-state index contributed by atoms with van der Waals surface area (Å²) in [6.45, 7) is 0. The average Bonchev–Trinajstić information content (AvgIpc) is 3.61. The molecule has 196 valence electrons. The van der Waals surface area contributed by atoms with Crippen LogP contribution in [0.25, 0.3) is 88.8 Å². The number of nitrogens with zero attached hydrogens (tertiary/aromatic N) is 3. The van der Waals surface area contributed by atoms with Gasteiger partial charge in [-0.3, -0.25) is 0 Å². The molecule has 5 heteroatoms. The first-order chi connectivity index (χ1) is 20.8. The fourth-order valence-electron chi connectivity index (χ4n) is 5.82. The summed E-state index contributed by atoms with van der Waals surface area (Å²) >= 11 is 0. The van der Waals surface area contributed by atoms with Gasteiger partial charge in [0.1, 0.15) is 22.3 Å². The summed E-state index contributed by atoms with van der Waals surface area (Å²) in [5.41, 5.74) is 5.95. The van der Waals surface area contributed by atoms with Crippen molar-refractivity contribution in [3.63, 3.8) is 0 Å². The van der Waals surface area contributed by atoms with Gasteiger partial charge in [0.05, 0.1) is 0 Å². The molecule has 42 heavy (non-hydrogen) atoms. The minimum Gasteiger partial charge on any atom is -0.456 e. The number of hydrogen-bond acceptors (Lipinski definition) is 5. The zero-order chi connectivity index (χ0) is 27.6. The lowest BCUT2D eigenvalue weighted by Gasteiger charge is -2.09. The van der Waals surface area contributed by atoms with Crippen LogP contribution in [0.3, 0.4) is 0 Å². The third-order valence-corrected chi connectivity index (χ3v) is 7.92. The highest BCUT2D eigenvalue weighted by Gasteiger charge is 2.16. The molecule has 0 spiro atoms. The molecule has 0 aliphatic rings. The van der Waals surface area contributed by atoms with Crippen molar-refractivity contribution in [1.82, 2.24) is 15.0 Å². The Kier molecular flexibility index (Phi) is 4.83. The predicted molar refractivity (Wildman–Crippen MR) is 168 cm³/mol. The molecule has 5 nitrogen and oxygen atoms in total. The van der Waals surface area contributed by atoms with Crippen molar-refractivity contribution in [1.29, 1.82) is 0 Å². The van der Waals surface area contributed by atoms with Crippen molar-refractivity contribution in [2.45, 2.75) is 0 Å². The minimum atomic E-state index is 0.579. The van der Waals surface area contributed by atoms with Gasteiger partial charge in [0, 0.05) is 38.2 Å². The first-order valence-corrected chi connectivity index (χ1v) is 13.9. The van der Waals surface area contributed by atoms with E-state index in [-0.39, 0.29) is 0 Å². The van der Waals surface area contributed by atoms with Gasteiger partial charge < -0.3 is 8.83 Å². The van der Waals surface area contributed by atoms with E-state index in [4.69, 9.17) is 23.8 Å². The van der Waals surface area contributed by atoms with Crippen molar-refractivity contribution in [3.8, 4) is 34.2 Å². The molecule has 3 heterocycles. The van der Waals surface area contributed by atoms with E-state index in [9.17, 15) is 0 Å². The molecule has 9 aromatic rings. The molecule has 0 aliphatic heterocycles. The summed E-state index contributed by atoms with van der Waals surface area (Å²) < 4.78 is 12.4. The van der Waals surface area contributed by atoms with Crippen molar-refractivity contribution >= 4 is 54.6 Å². The zero-order valence-corrected chi connectivity index (χ0v) is 22.3. The van der Waals surface area contributed by atoms with Crippen molar-refractivity contribution in [2.75, 3.05) is 0 Å². The van der Waals surface area contributed by atoms with Gasteiger partial charge in [-0.25, -0.2) is 15.0 Å². The Balaban J connectivity index is 1.25. The molecule has 9 rings (SSSR count). The SMILES string of the molecule is c1ccc2cc(-c3nc(-c4ccc5c(c4)oc4ccccc45)nc(-c4ccc5c(c4)oc4ccccc45)n3)ccc2c1. The van der Waals surface area contributed by atoms with Gasteiger partial charge in [0.15, 0.2) is 17.5 Å². The normalized spacial score (nSPS) is 11.8. The van der Waals surface area contributed by atoms with Crippen LogP contribution in [0.4, 0.5) is 0 Å². The third kappa shape index (κ3) is 3.61. The molecule has 0 unspecified atom stereocenters. The van der Waals surface area contributed by atoms with Gasteiger partial charge in [0.2, 0.25) is 0 Å². The monoisotopic (exact) mass is 539 g/mol. The molecule has 6 aromatic carbocycles. The third-order valence-electron chi connectivity index (χ3n) is 7.92. The molecule has 0 atom stereocenters. The highest BCUT2D eigenvalue weighted by molar-refractivity contribution is 6.06. The Morgan fingerprint density at radius 1 is 0.333 bits per heavy atom. The van der Waals surface area contributed by atoms with E-state index in [1.165, 1.54) is 5.39 Å². The van der Waals surface area contributed by atoms with Crippen LogP contribution in [0.5, 0.6) is 0 Å². The van der Waals surface area contributed by atoms with E-state index >= 15 is 0 Å². The molecule has 0 saturated heterocycles. The highest BCUT2D eigenvalue weighted by Crippen LogP contribution is 2.35. The Morgan fingerprint density at radius 3 is 1.33 bits per heavy atom. The lowest BCUT2D eigenvalue weighted by atomic mass is 10.1. The number of benzene rings is 6. The molecule has 0 radical (unpaired) electrons. The number of furan rings is 2. The second kappa shape index (κ2) is 8.85. The number of aromatic nitrogens is 3. The maximum absolute atomic E-state index is 6.19. The van der Waals surface area contributed by atoms with Gasteiger partial charge in [-0.05, 0) is 53.2 Å². The van der Waals surface area contributed by atoms with E-state index in [0.717, 1.165) is 66.0 Å². The number of rotatable bonds is 3. The smallest absolute Gasteiger partial charge is 0.164 e. The zero-order valence-electron chi connectivity index (χ0n) is 22.3. The van der Waals surface area contributed by atoms with E-state index in [1.807, 2.05) is 60.7 Å². The summed E-state index contributed by atoms with van der Waals surface area (Å²) in [6, 6.07) is 43.0. The lowest BCUT2D eigenvalue weighted by molar-refractivity contribution is 0.668. The van der Waals surface area contributed by atoms with E-state index in [0.29, 0.717) is 17.5 Å². The average molecular weight is 540 g/mol. The van der Waals surface area contributed by atoms with E-state index in [2.05, 4.69) is 66.7 Å². The van der Waals surface area contributed by atoms with Crippen molar-refractivity contribution in [2.24, 2.45) is 0 Å². The van der Waals surface area contributed by atoms with Crippen LogP contribution in [0.2, 0.25) is 0 Å². The van der Waals surface area contributed by atoms with Crippen LogP contribution >= 0.6 is 0 Å². The van der Waals surface area contributed by atoms with Crippen LogP contribution in [0.1, 0.15) is 0 Å². The summed E-state index contributed by atoms with van der Waals surface area (Å²) in [6.07, 6.45) is 0. The van der Waals surface area contributed by atoms with Crippen molar-refractivity contribution < 1.29 is 8.83 Å². The lowest BCUT2D eigenvalue weighted by Crippen LogP contribution is -2.00. The second-order valence-corrected chi connectivity index (χ2v) is 10.5. The largest absolute Gasteiger partial charge is 0.456 e. The van der Waals surface area contributed by atoms with E-state index < -0.39 is 0 Å². The number of fused-ring (bicyclic) bond motifs is 7. The van der Waals surface area contributed by atoms with Gasteiger partial charge in [-0.15, -0.1) is 0 Å². The first-order valence-electron chi connectivity index (χ1n) is 13.9. The van der Waals surface area contributed by atoms with Crippen LogP contribution in [-0.4, -0.2) is 15.0 Å². The molecular formula is C37H21N3O2. The van der Waals surface area contributed by atoms with Gasteiger partial charge in [-0.1, -0.05) is 84.9 Å². The second-order valence-electron chi connectivity index (χ2n) is 10.5. The molecule has 0 saturated carbocycles. The molecule has 0 fully saturated rings. The molecular weight excluding hydrogens is 518 g/mol. The van der Waals surface area contributed by atoms with Gasteiger partial charge >= 0.3 is 0 Å². The summed E-state index contributed by atoms with van der Waals surface area (Å²) in [4.78, 5) is 14.9. The fraction of sp³-hybridized carbons (Fsp3) is 0. The fourth-order valence-corrected chi connectivity index (χ4v) is 5.82. The standard InChI is InChI=1S/C37H21N3O2/c1-2-8-23-19-24(14-13-22(23)7-1)35-38-36(25-15-17-29-27-9-3-5-11-31(27)41-33(29)20-25)40-37(39-35)26-16-18-30-28-10-4-6-12-32(28)42-34(30)21-26/h1-21H. The Hall–Kier alpha value is -5.81. The Morgan fingerprint density at radius 2 is 0.762 bits per heavy atom. The predicted octanol–water partition coefficient (Wildman–Crippen LogP) is 9.82. The summed E-state index contributed by atoms with van der Waals surface area (Å²) in [7, 11) is 0. The number of para-hydroxylation sites is 2. The topological polar surface area (TPSA) is 65.0 Å². The highest BCUT2D eigenvalue weighted by atomic mass is 16.3. The van der Waals surface area contributed by atoms with Crippen LogP contribution in [-0.2, 0) is 0 Å². The van der Waals surface area contributed by atoms with Crippen LogP contribution < -0.4 is 0 Å². The van der Waals surface area contributed by atoms with Gasteiger partial charge in [0.25, 0.3) is 0 Å². The van der Waals surface area contributed by atoms with Gasteiger partial charge in [-0.2, -0.15) is 0 Å². The summed E-state index contributed by atoms with van der Waals surface area (Å²) in [5, 5.41) is 6.60. The van der Waals surface area contributed by atoms with E-state index in [1.54, 1.807) is 0 Å². The Labute approximate surface area is 239 Å². The minimum absolute atomic E-state index is 0.579. The number of hydrogen-bond donors (Lipinski definition) is 0. The Bertz CT molecular complexity index is 2360. The molecule has 3 aromatic heterocycles. The maximum atomic E-state index is 6.19. The first kappa shape index (κ1) is 22.9. The van der Waals surface area contributed by atoms with Crippen LogP contribution in [0.15, 0.2) is 136 Å². The molecule has 0 bridgehead atoms. The summed E-state index contributed by atoms with van der Waals surface area (Å²) in [5.74, 6) is 1.76. The molecule has 0 amide bonds. The molecule has 0 N–H and O–H groups in total.